The molecule has 0 saturated heterocycles. The molecule has 0 amide bonds. The topological polar surface area (TPSA) is 26.3 Å². The van der Waals surface area contributed by atoms with Crippen LogP contribution in [-0.4, -0.2) is 12.9 Å². The standard InChI is InChI=1S/C17H17FO2/c1-11-9-17(20-3)12(2)8-14(11)16(19)10-13-6-4-5-7-15(13)18/h4-9H,10H2,1-3H3. The highest BCUT2D eigenvalue weighted by Crippen LogP contribution is 2.23. The number of carbonyl (C=O) groups is 1. The van der Waals surface area contributed by atoms with Crippen molar-refractivity contribution in [3.63, 3.8) is 0 Å². The fourth-order valence-electron chi connectivity index (χ4n) is 2.22. The second-order valence-corrected chi connectivity index (χ2v) is 4.83. The molecule has 2 aromatic rings. The van der Waals surface area contributed by atoms with Crippen molar-refractivity contribution in [3.05, 3.63) is 64.5 Å². The number of aryl methyl sites for hydroxylation is 2. The molecule has 0 unspecified atom stereocenters. The Morgan fingerprint density at radius 3 is 2.50 bits per heavy atom. The van der Waals surface area contributed by atoms with E-state index in [4.69, 9.17) is 4.74 Å². The van der Waals surface area contributed by atoms with E-state index in [0.29, 0.717) is 11.1 Å². The average molecular weight is 272 g/mol. The Morgan fingerprint density at radius 2 is 1.85 bits per heavy atom. The average Bonchev–Trinajstić information content (AvgIpc) is 2.43. The Bertz CT molecular complexity index is 647. The third-order valence-electron chi connectivity index (χ3n) is 3.35. The number of hydrogen-bond acceptors (Lipinski definition) is 2. The summed E-state index contributed by atoms with van der Waals surface area (Å²) in [5.74, 6) is 0.326. The van der Waals surface area contributed by atoms with E-state index in [1.54, 1.807) is 31.4 Å². The van der Waals surface area contributed by atoms with Gasteiger partial charge in [-0.1, -0.05) is 18.2 Å². The van der Waals surface area contributed by atoms with E-state index in [1.165, 1.54) is 6.07 Å². The predicted octanol–water partition coefficient (Wildman–Crippen LogP) is 3.88. The zero-order valence-corrected chi connectivity index (χ0v) is 11.9. The van der Waals surface area contributed by atoms with E-state index >= 15 is 0 Å². The van der Waals surface area contributed by atoms with Crippen LogP contribution in [0.5, 0.6) is 5.75 Å². The summed E-state index contributed by atoms with van der Waals surface area (Å²) in [7, 11) is 1.60. The van der Waals surface area contributed by atoms with Crippen LogP contribution < -0.4 is 4.74 Å². The Labute approximate surface area is 118 Å². The fraction of sp³-hybridized carbons (Fsp3) is 0.235. The first kappa shape index (κ1) is 14.3. The SMILES string of the molecule is COc1cc(C)c(C(=O)Cc2ccccc2F)cc1C. The van der Waals surface area contributed by atoms with Crippen molar-refractivity contribution >= 4 is 5.78 Å². The highest BCUT2D eigenvalue weighted by atomic mass is 19.1. The van der Waals surface area contributed by atoms with Crippen molar-refractivity contribution in [2.45, 2.75) is 20.3 Å². The molecule has 0 aliphatic rings. The van der Waals surface area contributed by atoms with Crippen LogP contribution in [0.15, 0.2) is 36.4 Å². The highest BCUT2D eigenvalue weighted by molar-refractivity contribution is 5.99. The summed E-state index contributed by atoms with van der Waals surface area (Å²) in [5.41, 5.74) is 2.78. The second-order valence-electron chi connectivity index (χ2n) is 4.83. The molecule has 2 nitrogen and oxygen atoms in total. The Kier molecular flexibility index (Phi) is 4.18. The maximum atomic E-state index is 13.6. The van der Waals surface area contributed by atoms with Gasteiger partial charge in [-0.3, -0.25) is 4.79 Å². The molecule has 0 N–H and O–H groups in total. The van der Waals surface area contributed by atoms with Crippen LogP contribution in [-0.2, 0) is 6.42 Å². The summed E-state index contributed by atoms with van der Waals surface area (Å²) in [6, 6.07) is 10.00. The molecule has 0 aromatic heterocycles. The Balaban J connectivity index is 2.30. The minimum absolute atomic E-state index is 0.0687. The van der Waals surface area contributed by atoms with Gasteiger partial charge in [0.25, 0.3) is 0 Å². The number of halogens is 1. The van der Waals surface area contributed by atoms with Crippen molar-refractivity contribution in [1.29, 1.82) is 0 Å². The molecule has 104 valence electrons. The molecule has 2 aromatic carbocycles. The third kappa shape index (κ3) is 2.87. The van der Waals surface area contributed by atoms with E-state index in [2.05, 4.69) is 0 Å². The quantitative estimate of drug-likeness (QED) is 0.790. The number of benzene rings is 2. The van der Waals surface area contributed by atoms with Crippen molar-refractivity contribution in [1.82, 2.24) is 0 Å². The Morgan fingerprint density at radius 1 is 1.15 bits per heavy atom. The summed E-state index contributed by atoms with van der Waals surface area (Å²) in [6.07, 6.45) is 0.0687. The van der Waals surface area contributed by atoms with Crippen LogP contribution in [0, 0.1) is 19.7 Å². The lowest BCUT2D eigenvalue weighted by atomic mass is 9.97. The summed E-state index contributed by atoms with van der Waals surface area (Å²) in [5, 5.41) is 0. The number of ketones is 1. The molecule has 0 bridgehead atoms. The van der Waals surface area contributed by atoms with Gasteiger partial charge in [-0.05, 0) is 48.7 Å². The Hall–Kier alpha value is -2.16. The zero-order valence-electron chi connectivity index (χ0n) is 11.9. The van der Waals surface area contributed by atoms with Crippen LogP contribution in [0.2, 0.25) is 0 Å². The van der Waals surface area contributed by atoms with Crippen molar-refractivity contribution in [2.24, 2.45) is 0 Å². The van der Waals surface area contributed by atoms with E-state index in [9.17, 15) is 9.18 Å². The van der Waals surface area contributed by atoms with E-state index in [-0.39, 0.29) is 18.0 Å². The molecule has 20 heavy (non-hydrogen) atoms. The number of hydrogen-bond donors (Lipinski definition) is 0. The van der Waals surface area contributed by atoms with Crippen molar-refractivity contribution < 1.29 is 13.9 Å². The molecule has 0 aliphatic carbocycles. The first-order chi connectivity index (χ1) is 9.52. The monoisotopic (exact) mass is 272 g/mol. The summed E-state index contributed by atoms with van der Waals surface area (Å²) in [4.78, 5) is 12.3. The first-order valence-corrected chi connectivity index (χ1v) is 6.44. The van der Waals surface area contributed by atoms with Crippen molar-refractivity contribution in [2.75, 3.05) is 7.11 Å². The molecule has 0 atom stereocenters. The predicted molar refractivity (Wildman–Crippen MR) is 76.9 cm³/mol. The van der Waals surface area contributed by atoms with E-state index in [1.807, 2.05) is 19.9 Å². The van der Waals surface area contributed by atoms with E-state index in [0.717, 1.165) is 16.9 Å². The number of Topliss-reactive ketones (excluding diaryl/α,β-unsaturated/α-hetero) is 1. The lowest BCUT2D eigenvalue weighted by molar-refractivity contribution is 0.0991. The third-order valence-corrected chi connectivity index (χ3v) is 3.35. The molecule has 2 rings (SSSR count). The zero-order chi connectivity index (χ0) is 14.7. The molecule has 0 aliphatic heterocycles. The van der Waals surface area contributed by atoms with Crippen LogP contribution >= 0.6 is 0 Å². The second kappa shape index (κ2) is 5.87. The smallest absolute Gasteiger partial charge is 0.167 e. The summed E-state index contributed by atoms with van der Waals surface area (Å²) in [6.45, 7) is 3.74. The molecule has 0 saturated carbocycles. The minimum Gasteiger partial charge on any atom is -0.496 e. The molecule has 0 radical (unpaired) electrons. The lowest BCUT2D eigenvalue weighted by Crippen LogP contribution is -2.08. The normalized spacial score (nSPS) is 10.4. The maximum absolute atomic E-state index is 13.6. The minimum atomic E-state index is -0.344. The van der Waals surface area contributed by atoms with Crippen LogP contribution in [0.25, 0.3) is 0 Å². The van der Waals surface area contributed by atoms with Gasteiger partial charge in [0.05, 0.1) is 7.11 Å². The van der Waals surface area contributed by atoms with Crippen LogP contribution in [0.3, 0.4) is 0 Å². The largest absolute Gasteiger partial charge is 0.496 e. The molecule has 0 heterocycles. The van der Waals surface area contributed by atoms with Gasteiger partial charge in [-0.25, -0.2) is 4.39 Å². The molecule has 3 heteroatoms. The highest BCUT2D eigenvalue weighted by Gasteiger charge is 2.14. The number of methoxy groups -OCH3 is 1. The van der Waals surface area contributed by atoms with Gasteiger partial charge in [-0.2, -0.15) is 0 Å². The van der Waals surface area contributed by atoms with Crippen LogP contribution in [0.1, 0.15) is 27.0 Å². The van der Waals surface area contributed by atoms with Gasteiger partial charge in [0, 0.05) is 12.0 Å². The first-order valence-electron chi connectivity index (χ1n) is 6.44. The van der Waals surface area contributed by atoms with Crippen LogP contribution in [0.4, 0.5) is 4.39 Å². The summed E-state index contributed by atoms with van der Waals surface area (Å²) < 4.78 is 18.8. The number of carbonyl (C=O) groups excluding carboxylic acids is 1. The van der Waals surface area contributed by atoms with Crippen molar-refractivity contribution in [3.8, 4) is 5.75 Å². The van der Waals surface area contributed by atoms with Gasteiger partial charge in [0.2, 0.25) is 0 Å². The van der Waals surface area contributed by atoms with E-state index < -0.39 is 0 Å². The van der Waals surface area contributed by atoms with Gasteiger partial charge < -0.3 is 4.74 Å². The number of ether oxygens (including phenoxy) is 1. The van der Waals surface area contributed by atoms with Gasteiger partial charge in [0.15, 0.2) is 5.78 Å². The molecule has 0 spiro atoms. The maximum Gasteiger partial charge on any atom is 0.167 e. The van der Waals surface area contributed by atoms with Gasteiger partial charge >= 0.3 is 0 Å². The molecule has 0 fully saturated rings. The van der Waals surface area contributed by atoms with Gasteiger partial charge in [-0.15, -0.1) is 0 Å². The molecular weight excluding hydrogens is 255 g/mol. The lowest BCUT2D eigenvalue weighted by Gasteiger charge is -2.11. The van der Waals surface area contributed by atoms with Gasteiger partial charge in [0.1, 0.15) is 11.6 Å². The fourth-order valence-corrected chi connectivity index (χ4v) is 2.22. The number of rotatable bonds is 4. The summed E-state index contributed by atoms with van der Waals surface area (Å²) >= 11 is 0. The molecular formula is C17H17FO2.